The molecule has 2 aromatic heterocycles. The zero-order valence-electron chi connectivity index (χ0n) is 12.7. The van der Waals surface area contributed by atoms with Gasteiger partial charge in [0, 0.05) is 25.0 Å². The molecule has 0 spiro atoms. The third-order valence-corrected chi connectivity index (χ3v) is 3.18. The number of hydrogen-bond acceptors (Lipinski definition) is 6. The normalized spacial score (nSPS) is 12.9. The largest absolute Gasteiger partial charge is 0.350 e. The summed E-state index contributed by atoms with van der Waals surface area (Å²) < 4.78 is 1.69. The maximum Gasteiger partial charge on any atom is 0.241 e. The van der Waals surface area contributed by atoms with Crippen LogP contribution in [0.1, 0.15) is 13.8 Å². The van der Waals surface area contributed by atoms with Gasteiger partial charge in [-0.3, -0.25) is 4.57 Å². The second kappa shape index (κ2) is 6.82. The lowest BCUT2D eigenvalue weighted by Gasteiger charge is -2.25. The smallest absolute Gasteiger partial charge is 0.241 e. The number of rotatable bonds is 6. The molecule has 21 heavy (non-hydrogen) atoms. The van der Waals surface area contributed by atoms with E-state index in [-0.39, 0.29) is 11.3 Å². The Morgan fingerprint density at radius 3 is 2.62 bits per heavy atom. The van der Waals surface area contributed by atoms with Gasteiger partial charge in [-0.05, 0) is 31.6 Å². The lowest BCUT2D eigenvalue weighted by Crippen LogP contribution is -2.37. The summed E-state index contributed by atoms with van der Waals surface area (Å²) in [7, 11) is 4.07. The number of hydrogen-bond donors (Lipinski definition) is 1. The molecule has 0 amide bonds. The molecule has 114 valence electrons. The second-order valence-corrected chi connectivity index (χ2v) is 5.79. The van der Waals surface area contributed by atoms with Crippen LogP contribution in [0.15, 0.2) is 18.7 Å². The fraction of sp³-hybridized carbons (Fsp3) is 0.538. The Labute approximate surface area is 129 Å². The lowest BCUT2D eigenvalue weighted by atomic mass is 10.0. The van der Waals surface area contributed by atoms with Gasteiger partial charge in [0.2, 0.25) is 17.2 Å². The Kier molecular flexibility index (Phi) is 5.08. The van der Waals surface area contributed by atoms with Crippen molar-refractivity contribution in [1.82, 2.24) is 29.4 Å². The van der Waals surface area contributed by atoms with E-state index in [0.29, 0.717) is 17.8 Å². The van der Waals surface area contributed by atoms with Crippen molar-refractivity contribution < 1.29 is 0 Å². The van der Waals surface area contributed by atoms with Gasteiger partial charge in [0.1, 0.15) is 6.33 Å². The average Bonchev–Trinajstić information content (AvgIpc) is 2.90. The highest BCUT2D eigenvalue weighted by molar-refractivity contribution is 6.28. The zero-order valence-corrected chi connectivity index (χ0v) is 13.4. The van der Waals surface area contributed by atoms with Crippen molar-refractivity contribution in [3.05, 3.63) is 24.0 Å². The standard InChI is InChI=1S/C13H20ClN7/c1-9(2)10(7-20(3)4)16-12-17-11(14)18-13(19-12)21-6-5-15-8-21/h5-6,8-10H,7H2,1-4H3,(H,16,17,18,19). The molecule has 0 saturated heterocycles. The molecule has 1 unspecified atom stereocenters. The first-order valence-corrected chi connectivity index (χ1v) is 7.14. The maximum absolute atomic E-state index is 5.99. The zero-order chi connectivity index (χ0) is 15.4. The summed E-state index contributed by atoms with van der Waals surface area (Å²) >= 11 is 5.99. The Morgan fingerprint density at radius 1 is 1.29 bits per heavy atom. The first-order chi connectivity index (χ1) is 9.95. The summed E-state index contributed by atoms with van der Waals surface area (Å²) in [5.41, 5.74) is 0. The molecule has 0 aliphatic carbocycles. The number of anilines is 1. The van der Waals surface area contributed by atoms with Crippen LogP contribution in [0, 0.1) is 5.92 Å². The SMILES string of the molecule is CC(C)C(CN(C)C)Nc1nc(Cl)nc(-n2ccnc2)n1. The van der Waals surface area contributed by atoms with E-state index >= 15 is 0 Å². The fourth-order valence-corrected chi connectivity index (χ4v) is 2.04. The van der Waals surface area contributed by atoms with Crippen LogP contribution in [0.25, 0.3) is 5.95 Å². The molecular formula is C13H20ClN7. The quantitative estimate of drug-likeness (QED) is 0.876. The molecule has 0 radical (unpaired) electrons. The van der Waals surface area contributed by atoms with E-state index in [1.807, 2.05) is 14.1 Å². The number of likely N-dealkylation sites (N-methyl/N-ethyl adjacent to an activating group) is 1. The van der Waals surface area contributed by atoms with Crippen molar-refractivity contribution in [2.24, 2.45) is 5.92 Å². The van der Waals surface area contributed by atoms with Crippen molar-refractivity contribution in [2.75, 3.05) is 26.0 Å². The van der Waals surface area contributed by atoms with Crippen LogP contribution in [0.4, 0.5) is 5.95 Å². The third kappa shape index (κ3) is 4.37. The van der Waals surface area contributed by atoms with Crippen molar-refractivity contribution >= 4 is 17.5 Å². The van der Waals surface area contributed by atoms with Gasteiger partial charge in [-0.15, -0.1) is 0 Å². The van der Waals surface area contributed by atoms with E-state index in [4.69, 9.17) is 11.6 Å². The molecule has 2 aromatic rings. The summed E-state index contributed by atoms with van der Waals surface area (Å²) in [5, 5.41) is 3.49. The summed E-state index contributed by atoms with van der Waals surface area (Å²) in [6.45, 7) is 5.18. The molecule has 0 bridgehead atoms. The van der Waals surface area contributed by atoms with E-state index in [2.05, 4.69) is 44.0 Å². The molecule has 0 fully saturated rings. The minimum atomic E-state index is 0.156. The topological polar surface area (TPSA) is 71.8 Å². The fourth-order valence-electron chi connectivity index (χ4n) is 1.88. The number of nitrogens with zero attached hydrogens (tertiary/aromatic N) is 6. The summed E-state index contributed by atoms with van der Waals surface area (Å²) in [6, 6.07) is 0.217. The van der Waals surface area contributed by atoms with Crippen LogP contribution in [0.2, 0.25) is 5.28 Å². The molecule has 0 aliphatic rings. The Balaban J connectivity index is 2.23. The van der Waals surface area contributed by atoms with E-state index in [0.717, 1.165) is 6.54 Å². The predicted molar refractivity (Wildman–Crippen MR) is 82.8 cm³/mol. The van der Waals surface area contributed by atoms with Crippen LogP contribution >= 0.6 is 11.6 Å². The first-order valence-electron chi connectivity index (χ1n) is 6.77. The van der Waals surface area contributed by atoms with Gasteiger partial charge in [0.05, 0.1) is 0 Å². The molecule has 0 aromatic carbocycles. The van der Waals surface area contributed by atoms with Crippen molar-refractivity contribution in [3.63, 3.8) is 0 Å². The van der Waals surface area contributed by atoms with Crippen molar-refractivity contribution in [1.29, 1.82) is 0 Å². The minimum absolute atomic E-state index is 0.156. The van der Waals surface area contributed by atoms with Gasteiger partial charge in [-0.2, -0.15) is 15.0 Å². The molecule has 2 heterocycles. The van der Waals surface area contributed by atoms with Crippen LogP contribution in [-0.2, 0) is 0 Å². The second-order valence-electron chi connectivity index (χ2n) is 5.46. The lowest BCUT2D eigenvalue weighted by molar-refractivity contribution is 0.343. The summed E-state index contributed by atoms with van der Waals surface area (Å²) in [6.07, 6.45) is 5.04. The molecule has 1 N–H and O–H groups in total. The highest BCUT2D eigenvalue weighted by Gasteiger charge is 2.16. The third-order valence-electron chi connectivity index (χ3n) is 3.01. The van der Waals surface area contributed by atoms with Crippen LogP contribution < -0.4 is 5.32 Å². The van der Waals surface area contributed by atoms with Gasteiger partial charge >= 0.3 is 0 Å². The number of nitrogens with one attached hydrogen (secondary N) is 1. The highest BCUT2D eigenvalue weighted by Crippen LogP contribution is 2.13. The molecule has 8 heteroatoms. The highest BCUT2D eigenvalue weighted by atomic mass is 35.5. The molecule has 0 aliphatic heterocycles. The summed E-state index contributed by atoms with van der Waals surface area (Å²) in [5.74, 6) is 1.35. The Morgan fingerprint density at radius 2 is 2.05 bits per heavy atom. The van der Waals surface area contributed by atoms with Crippen molar-refractivity contribution in [2.45, 2.75) is 19.9 Å². The van der Waals surface area contributed by atoms with Crippen molar-refractivity contribution in [3.8, 4) is 5.95 Å². The van der Waals surface area contributed by atoms with Gasteiger partial charge < -0.3 is 10.2 Å². The average molecular weight is 310 g/mol. The van der Waals surface area contributed by atoms with Gasteiger partial charge in [0.25, 0.3) is 0 Å². The molecular weight excluding hydrogens is 290 g/mol. The first kappa shape index (κ1) is 15.7. The van der Waals surface area contributed by atoms with E-state index in [1.54, 1.807) is 23.3 Å². The Hall–Kier alpha value is -1.73. The van der Waals surface area contributed by atoms with Crippen LogP contribution in [0.5, 0.6) is 0 Å². The van der Waals surface area contributed by atoms with E-state index in [9.17, 15) is 0 Å². The monoisotopic (exact) mass is 309 g/mol. The molecule has 1 atom stereocenters. The van der Waals surface area contributed by atoms with Gasteiger partial charge in [-0.25, -0.2) is 4.98 Å². The number of imidazole rings is 1. The minimum Gasteiger partial charge on any atom is -0.350 e. The molecule has 7 nitrogen and oxygen atoms in total. The molecule has 2 rings (SSSR count). The number of halogens is 1. The molecule has 0 saturated carbocycles. The van der Waals surface area contributed by atoms with Crippen LogP contribution in [0.3, 0.4) is 0 Å². The van der Waals surface area contributed by atoms with Gasteiger partial charge in [0.15, 0.2) is 0 Å². The van der Waals surface area contributed by atoms with Crippen LogP contribution in [-0.4, -0.2) is 56.1 Å². The van der Waals surface area contributed by atoms with E-state index < -0.39 is 0 Å². The Bertz CT molecular complexity index is 568. The van der Waals surface area contributed by atoms with E-state index in [1.165, 1.54) is 0 Å². The maximum atomic E-state index is 5.99. The summed E-state index contributed by atoms with van der Waals surface area (Å²) in [4.78, 5) is 18.8. The number of aromatic nitrogens is 5. The van der Waals surface area contributed by atoms with Gasteiger partial charge in [-0.1, -0.05) is 13.8 Å². The predicted octanol–water partition coefficient (Wildman–Crippen LogP) is 1.71.